The van der Waals surface area contributed by atoms with E-state index in [4.69, 9.17) is 11.6 Å². The largest absolute Gasteiger partial charge is 0.266 e. The van der Waals surface area contributed by atoms with E-state index in [-0.39, 0.29) is 4.90 Å². The monoisotopic (exact) mass is 323 g/mol. The van der Waals surface area contributed by atoms with Crippen LogP contribution in [0.15, 0.2) is 47.4 Å². The Morgan fingerprint density at radius 1 is 1.05 bits per heavy atom. The molecule has 112 valence electrons. The van der Waals surface area contributed by atoms with Gasteiger partial charge in [-0.25, -0.2) is 8.42 Å². The van der Waals surface area contributed by atoms with Crippen LogP contribution in [0.2, 0.25) is 5.02 Å². The van der Waals surface area contributed by atoms with Gasteiger partial charge in [-0.3, -0.25) is 4.31 Å². The van der Waals surface area contributed by atoms with Crippen LogP contribution in [0.1, 0.15) is 18.1 Å². The number of aryl methyl sites for hydroxylation is 1. The summed E-state index contributed by atoms with van der Waals surface area (Å²) in [7, 11) is -3.59. The molecule has 0 fully saturated rings. The Morgan fingerprint density at radius 3 is 2.24 bits per heavy atom. The number of hydrogen-bond donors (Lipinski definition) is 0. The minimum Gasteiger partial charge on any atom is -0.266 e. The van der Waals surface area contributed by atoms with E-state index in [9.17, 15) is 8.42 Å². The molecule has 21 heavy (non-hydrogen) atoms. The molecule has 0 radical (unpaired) electrons. The first-order valence-electron chi connectivity index (χ1n) is 6.72. The zero-order chi connectivity index (χ0) is 15.6. The number of hydrogen-bond acceptors (Lipinski definition) is 2. The van der Waals surface area contributed by atoms with Crippen LogP contribution >= 0.6 is 11.6 Å². The van der Waals surface area contributed by atoms with Crippen LogP contribution in [0.25, 0.3) is 0 Å². The van der Waals surface area contributed by atoms with Crippen molar-refractivity contribution < 1.29 is 8.42 Å². The Hall–Kier alpha value is -1.52. The maximum absolute atomic E-state index is 12.8. The van der Waals surface area contributed by atoms with Crippen molar-refractivity contribution >= 4 is 27.3 Å². The van der Waals surface area contributed by atoms with Crippen molar-refractivity contribution in [3.05, 3.63) is 58.6 Å². The summed E-state index contributed by atoms with van der Waals surface area (Å²) < 4.78 is 27.1. The Labute approximate surface area is 131 Å². The molecular formula is C16H18ClNO2S. The first-order chi connectivity index (χ1) is 9.87. The third-order valence-corrected chi connectivity index (χ3v) is 5.69. The molecule has 0 saturated carbocycles. The maximum Gasteiger partial charge on any atom is 0.264 e. The molecule has 0 aliphatic carbocycles. The second-order valence-corrected chi connectivity index (χ2v) is 7.14. The quantitative estimate of drug-likeness (QED) is 0.846. The lowest BCUT2D eigenvalue weighted by atomic mass is 10.1. The SMILES string of the molecule is CCN(c1cccc(C)c1C)S(=O)(=O)c1ccc(Cl)cc1. The average molecular weight is 324 g/mol. The molecule has 0 atom stereocenters. The highest BCUT2D eigenvalue weighted by Crippen LogP contribution is 2.28. The predicted octanol–water partition coefficient (Wildman–Crippen LogP) is 4.17. The van der Waals surface area contributed by atoms with Gasteiger partial charge >= 0.3 is 0 Å². The fourth-order valence-electron chi connectivity index (χ4n) is 2.21. The normalized spacial score (nSPS) is 11.4. The first kappa shape index (κ1) is 15.9. The van der Waals surface area contributed by atoms with Gasteiger partial charge in [0.1, 0.15) is 0 Å². The third-order valence-electron chi connectivity index (χ3n) is 3.53. The summed E-state index contributed by atoms with van der Waals surface area (Å²) in [6, 6.07) is 11.9. The minimum atomic E-state index is -3.59. The molecule has 0 aliphatic heterocycles. The Morgan fingerprint density at radius 2 is 1.67 bits per heavy atom. The summed E-state index contributed by atoms with van der Waals surface area (Å²) in [6.45, 7) is 6.11. The van der Waals surface area contributed by atoms with Crippen LogP contribution < -0.4 is 4.31 Å². The Balaban J connectivity index is 2.54. The fraction of sp³-hybridized carbons (Fsp3) is 0.250. The summed E-state index contributed by atoms with van der Waals surface area (Å²) in [4.78, 5) is 0.245. The van der Waals surface area contributed by atoms with Gasteiger partial charge < -0.3 is 0 Å². The van der Waals surface area contributed by atoms with E-state index in [1.807, 2.05) is 39.0 Å². The zero-order valence-corrected chi connectivity index (χ0v) is 13.9. The number of sulfonamides is 1. The highest BCUT2D eigenvalue weighted by molar-refractivity contribution is 7.92. The minimum absolute atomic E-state index is 0.245. The van der Waals surface area contributed by atoms with E-state index >= 15 is 0 Å². The zero-order valence-electron chi connectivity index (χ0n) is 12.3. The van der Waals surface area contributed by atoms with Gasteiger partial charge in [0.05, 0.1) is 10.6 Å². The van der Waals surface area contributed by atoms with Crippen molar-refractivity contribution in [2.45, 2.75) is 25.7 Å². The summed E-state index contributed by atoms with van der Waals surface area (Å²) in [5, 5.41) is 0.517. The molecule has 0 spiro atoms. The number of anilines is 1. The third kappa shape index (κ3) is 3.06. The molecule has 0 N–H and O–H groups in total. The van der Waals surface area contributed by atoms with Gasteiger partial charge in [-0.2, -0.15) is 0 Å². The lowest BCUT2D eigenvalue weighted by molar-refractivity contribution is 0.591. The molecule has 3 nitrogen and oxygen atoms in total. The molecule has 0 bridgehead atoms. The molecular weight excluding hydrogens is 306 g/mol. The van der Waals surface area contributed by atoms with Crippen molar-refractivity contribution in [1.29, 1.82) is 0 Å². The van der Waals surface area contributed by atoms with Crippen molar-refractivity contribution in [2.75, 3.05) is 10.8 Å². The van der Waals surface area contributed by atoms with Crippen LogP contribution in [0, 0.1) is 13.8 Å². The smallest absolute Gasteiger partial charge is 0.264 e. The standard InChI is InChI=1S/C16H18ClNO2S/c1-4-18(16-7-5-6-12(2)13(16)3)21(19,20)15-10-8-14(17)9-11-15/h5-11H,4H2,1-3H3. The van der Waals surface area contributed by atoms with Crippen LogP contribution in [0.5, 0.6) is 0 Å². The molecule has 0 amide bonds. The van der Waals surface area contributed by atoms with Crippen LogP contribution in [-0.2, 0) is 10.0 Å². The molecule has 0 aromatic heterocycles. The number of halogens is 1. The molecule has 5 heteroatoms. The van der Waals surface area contributed by atoms with E-state index < -0.39 is 10.0 Å². The Kier molecular flexibility index (Phi) is 4.59. The van der Waals surface area contributed by atoms with E-state index in [2.05, 4.69) is 0 Å². The van der Waals surface area contributed by atoms with Gasteiger partial charge in [-0.15, -0.1) is 0 Å². The van der Waals surface area contributed by atoms with E-state index in [1.165, 1.54) is 16.4 Å². The molecule has 0 heterocycles. The molecule has 0 unspecified atom stereocenters. The second-order valence-electron chi connectivity index (χ2n) is 4.84. The van der Waals surface area contributed by atoms with Crippen LogP contribution in [-0.4, -0.2) is 15.0 Å². The summed E-state index contributed by atoms with van der Waals surface area (Å²) in [6.07, 6.45) is 0. The molecule has 2 rings (SSSR count). The molecule has 0 saturated heterocycles. The maximum atomic E-state index is 12.8. The number of rotatable bonds is 4. The molecule has 2 aromatic rings. The van der Waals surface area contributed by atoms with Gasteiger partial charge in [0, 0.05) is 11.6 Å². The van der Waals surface area contributed by atoms with E-state index in [0.717, 1.165) is 11.1 Å². The number of nitrogens with zero attached hydrogens (tertiary/aromatic N) is 1. The highest BCUT2D eigenvalue weighted by Gasteiger charge is 2.24. The van der Waals surface area contributed by atoms with Crippen LogP contribution in [0.3, 0.4) is 0 Å². The summed E-state index contributed by atoms with van der Waals surface area (Å²) >= 11 is 5.83. The molecule has 0 aliphatic rings. The second kappa shape index (κ2) is 6.08. The van der Waals surface area contributed by atoms with Crippen molar-refractivity contribution in [3.63, 3.8) is 0 Å². The van der Waals surface area contributed by atoms with Gasteiger partial charge in [0.25, 0.3) is 10.0 Å². The average Bonchev–Trinajstić information content (AvgIpc) is 2.44. The highest BCUT2D eigenvalue weighted by atomic mass is 35.5. The summed E-state index contributed by atoms with van der Waals surface area (Å²) in [5.74, 6) is 0. The van der Waals surface area contributed by atoms with Crippen molar-refractivity contribution in [3.8, 4) is 0 Å². The topological polar surface area (TPSA) is 37.4 Å². The van der Waals surface area contributed by atoms with Crippen molar-refractivity contribution in [1.82, 2.24) is 0 Å². The van der Waals surface area contributed by atoms with Gasteiger partial charge in [-0.1, -0.05) is 23.7 Å². The van der Waals surface area contributed by atoms with E-state index in [0.29, 0.717) is 17.3 Å². The fourth-order valence-corrected chi connectivity index (χ4v) is 3.87. The lowest BCUT2D eigenvalue weighted by Crippen LogP contribution is -2.31. The Bertz CT molecular complexity index is 739. The molecule has 2 aromatic carbocycles. The van der Waals surface area contributed by atoms with Gasteiger partial charge in [0.2, 0.25) is 0 Å². The van der Waals surface area contributed by atoms with E-state index in [1.54, 1.807) is 12.1 Å². The van der Waals surface area contributed by atoms with Crippen molar-refractivity contribution in [2.24, 2.45) is 0 Å². The van der Waals surface area contributed by atoms with Crippen LogP contribution in [0.4, 0.5) is 5.69 Å². The van der Waals surface area contributed by atoms with Gasteiger partial charge in [0.15, 0.2) is 0 Å². The predicted molar refractivity (Wildman–Crippen MR) is 87.6 cm³/mol. The van der Waals surface area contributed by atoms with Gasteiger partial charge in [-0.05, 0) is 62.2 Å². The summed E-state index contributed by atoms with van der Waals surface area (Å²) in [5.41, 5.74) is 2.75. The number of benzene rings is 2. The first-order valence-corrected chi connectivity index (χ1v) is 8.54. The lowest BCUT2D eigenvalue weighted by Gasteiger charge is -2.25.